The Morgan fingerprint density at radius 1 is 1.39 bits per heavy atom. The average Bonchev–Trinajstić information content (AvgIpc) is 2.36. The Labute approximate surface area is 108 Å². The number of carbonyl (C=O) groups is 2. The van der Waals surface area contributed by atoms with Crippen LogP contribution in [0.1, 0.15) is 38.5 Å². The lowest BCUT2D eigenvalue weighted by Crippen LogP contribution is -2.55. The Bertz CT molecular complexity index is 313. The van der Waals surface area contributed by atoms with Gasteiger partial charge in [-0.3, -0.25) is 9.59 Å². The van der Waals surface area contributed by atoms with Crippen LogP contribution in [-0.2, 0) is 9.59 Å². The van der Waals surface area contributed by atoms with Gasteiger partial charge in [-0.15, -0.1) is 0 Å². The van der Waals surface area contributed by atoms with Crippen molar-refractivity contribution in [3.63, 3.8) is 0 Å². The number of carbonyl (C=O) groups excluding carboxylic acids is 2. The van der Waals surface area contributed by atoms with E-state index in [0.29, 0.717) is 6.04 Å². The number of hydrogen-bond acceptors (Lipinski definition) is 3. The highest BCUT2D eigenvalue weighted by atomic mass is 16.2. The molecule has 0 aromatic rings. The first-order valence-corrected chi connectivity index (χ1v) is 6.94. The molecule has 1 atom stereocenters. The molecule has 1 heterocycles. The lowest BCUT2D eigenvalue weighted by Gasteiger charge is -2.30. The van der Waals surface area contributed by atoms with Crippen LogP contribution in [-0.4, -0.2) is 48.9 Å². The van der Waals surface area contributed by atoms with E-state index in [1.54, 1.807) is 11.9 Å². The molecule has 0 aromatic heterocycles. The van der Waals surface area contributed by atoms with Gasteiger partial charge in [0.2, 0.25) is 11.8 Å². The average molecular weight is 253 g/mol. The molecule has 1 saturated heterocycles. The molecule has 1 aliphatic carbocycles. The molecule has 0 bridgehead atoms. The largest absolute Gasteiger partial charge is 0.353 e. The van der Waals surface area contributed by atoms with Gasteiger partial charge >= 0.3 is 0 Å². The van der Waals surface area contributed by atoms with Crippen molar-refractivity contribution in [2.24, 2.45) is 0 Å². The van der Waals surface area contributed by atoms with Crippen molar-refractivity contribution < 1.29 is 9.59 Å². The van der Waals surface area contributed by atoms with Gasteiger partial charge in [-0.25, -0.2) is 0 Å². The minimum atomic E-state index is -0.340. The van der Waals surface area contributed by atoms with Crippen molar-refractivity contribution in [3.05, 3.63) is 0 Å². The molecule has 0 radical (unpaired) electrons. The quantitative estimate of drug-likeness (QED) is 0.758. The van der Waals surface area contributed by atoms with Crippen molar-refractivity contribution >= 4 is 11.8 Å². The Balaban J connectivity index is 1.77. The minimum Gasteiger partial charge on any atom is -0.353 e. The second-order valence-corrected chi connectivity index (χ2v) is 5.37. The number of piperazine rings is 1. The monoisotopic (exact) mass is 253 g/mol. The highest BCUT2D eigenvalue weighted by Crippen LogP contribution is 2.17. The normalized spacial score (nSPS) is 26.2. The van der Waals surface area contributed by atoms with Crippen LogP contribution in [0.2, 0.25) is 0 Å². The molecular weight excluding hydrogens is 230 g/mol. The molecule has 5 heteroatoms. The van der Waals surface area contributed by atoms with Crippen LogP contribution < -0.4 is 10.6 Å². The fourth-order valence-electron chi connectivity index (χ4n) is 2.75. The van der Waals surface area contributed by atoms with Crippen molar-refractivity contribution in [3.8, 4) is 0 Å². The van der Waals surface area contributed by atoms with Gasteiger partial charge in [-0.2, -0.15) is 0 Å². The van der Waals surface area contributed by atoms with E-state index in [0.717, 1.165) is 25.9 Å². The van der Waals surface area contributed by atoms with E-state index in [9.17, 15) is 9.59 Å². The molecular formula is C13H23N3O2. The molecule has 102 valence electrons. The predicted octanol–water partition coefficient (Wildman–Crippen LogP) is 0.256. The second-order valence-electron chi connectivity index (χ2n) is 5.37. The number of rotatable bonds is 3. The Morgan fingerprint density at radius 3 is 2.83 bits per heavy atom. The minimum absolute atomic E-state index is 0.00282. The fraction of sp³-hybridized carbons (Fsp3) is 0.846. The first-order valence-electron chi connectivity index (χ1n) is 6.94. The number of nitrogens with one attached hydrogen (secondary N) is 2. The highest BCUT2D eigenvalue weighted by Gasteiger charge is 2.28. The Morgan fingerprint density at radius 2 is 2.11 bits per heavy atom. The van der Waals surface area contributed by atoms with Gasteiger partial charge in [0.1, 0.15) is 0 Å². The summed E-state index contributed by atoms with van der Waals surface area (Å²) in [5.41, 5.74) is 0. The van der Waals surface area contributed by atoms with E-state index in [-0.39, 0.29) is 24.3 Å². The summed E-state index contributed by atoms with van der Waals surface area (Å²) in [7, 11) is 1.79. The molecule has 2 aliphatic rings. The molecule has 2 rings (SSSR count). The van der Waals surface area contributed by atoms with Crippen LogP contribution in [0.15, 0.2) is 0 Å². The maximum absolute atomic E-state index is 11.9. The van der Waals surface area contributed by atoms with Crippen LogP contribution in [0.25, 0.3) is 0 Å². The van der Waals surface area contributed by atoms with Crippen LogP contribution in [0.3, 0.4) is 0 Å². The topological polar surface area (TPSA) is 61.4 Å². The summed E-state index contributed by atoms with van der Waals surface area (Å²) in [6, 6.07) is -0.0185. The van der Waals surface area contributed by atoms with E-state index in [1.807, 2.05) is 0 Å². The van der Waals surface area contributed by atoms with Gasteiger partial charge in [0.25, 0.3) is 0 Å². The van der Waals surface area contributed by atoms with Crippen LogP contribution >= 0.6 is 0 Å². The van der Waals surface area contributed by atoms with Crippen molar-refractivity contribution in [2.45, 2.75) is 50.6 Å². The molecule has 1 saturated carbocycles. The Kier molecular flexibility index (Phi) is 4.58. The molecule has 0 aromatic carbocycles. The summed E-state index contributed by atoms with van der Waals surface area (Å²) < 4.78 is 0. The smallest absolute Gasteiger partial charge is 0.240 e. The number of hydrogen-bond donors (Lipinski definition) is 2. The maximum atomic E-state index is 11.9. The van der Waals surface area contributed by atoms with Gasteiger partial charge in [0.05, 0.1) is 12.5 Å². The maximum Gasteiger partial charge on any atom is 0.240 e. The van der Waals surface area contributed by atoms with E-state index >= 15 is 0 Å². The molecule has 1 unspecified atom stereocenters. The molecule has 0 spiro atoms. The second kappa shape index (κ2) is 6.18. The van der Waals surface area contributed by atoms with Crippen molar-refractivity contribution in [1.82, 2.24) is 15.5 Å². The van der Waals surface area contributed by atoms with E-state index in [1.165, 1.54) is 19.3 Å². The summed E-state index contributed by atoms with van der Waals surface area (Å²) in [6.45, 7) is 1.49. The molecule has 2 amide bonds. The molecule has 1 aliphatic heterocycles. The number of likely N-dealkylation sites (N-methyl/N-ethyl adjacent to an activating group) is 1. The molecule has 5 nitrogen and oxygen atoms in total. The third-order valence-corrected chi connectivity index (χ3v) is 3.87. The van der Waals surface area contributed by atoms with Crippen LogP contribution in [0.4, 0.5) is 0 Å². The molecule has 2 N–H and O–H groups in total. The highest BCUT2D eigenvalue weighted by molar-refractivity contribution is 5.88. The number of amides is 2. The fourth-order valence-corrected chi connectivity index (χ4v) is 2.75. The van der Waals surface area contributed by atoms with E-state index < -0.39 is 0 Å². The lowest BCUT2D eigenvalue weighted by molar-refractivity contribution is -0.137. The SMILES string of the molecule is CN1CCNC(CC(=O)NC2CCCCC2)C1=O. The van der Waals surface area contributed by atoms with E-state index in [2.05, 4.69) is 10.6 Å². The number of nitrogens with zero attached hydrogens (tertiary/aromatic N) is 1. The summed E-state index contributed by atoms with van der Waals surface area (Å²) >= 11 is 0. The third kappa shape index (κ3) is 3.45. The van der Waals surface area contributed by atoms with Gasteiger partial charge in [-0.1, -0.05) is 19.3 Å². The van der Waals surface area contributed by atoms with Gasteiger partial charge in [-0.05, 0) is 12.8 Å². The predicted molar refractivity (Wildman–Crippen MR) is 69.1 cm³/mol. The standard InChI is InChI=1S/C13H23N3O2/c1-16-8-7-14-11(13(16)18)9-12(17)15-10-5-3-2-4-6-10/h10-11,14H,2-9H2,1H3,(H,15,17). The first-order chi connectivity index (χ1) is 8.66. The summed E-state index contributed by atoms with van der Waals surface area (Å²) in [4.78, 5) is 25.4. The molecule has 18 heavy (non-hydrogen) atoms. The zero-order chi connectivity index (χ0) is 13.0. The summed E-state index contributed by atoms with van der Waals surface area (Å²) in [5, 5.41) is 6.17. The van der Waals surface area contributed by atoms with Crippen molar-refractivity contribution in [2.75, 3.05) is 20.1 Å². The van der Waals surface area contributed by atoms with E-state index in [4.69, 9.17) is 0 Å². The summed E-state index contributed by atoms with van der Waals surface area (Å²) in [5.74, 6) is 0.0306. The van der Waals surface area contributed by atoms with Gasteiger partial charge in [0, 0.05) is 26.2 Å². The van der Waals surface area contributed by atoms with Gasteiger partial charge in [0.15, 0.2) is 0 Å². The zero-order valence-corrected chi connectivity index (χ0v) is 11.1. The van der Waals surface area contributed by atoms with Crippen LogP contribution in [0.5, 0.6) is 0 Å². The third-order valence-electron chi connectivity index (χ3n) is 3.87. The van der Waals surface area contributed by atoms with Crippen molar-refractivity contribution in [1.29, 1.82) is 0 Å². The zero-order valence-electron chi connectivity index (χ0n) is 11.1. The lowest BCUT2D eigenvalue weighted by atomic mass is 9.95. The molecule has 2 fully saturated rings. The summed E-state index contributed by atoms with van der Waals surface area (Å²) in [6.07, 6.45) is 6.11. The van der Waals surface area contributed by atoms with Gasteiger partial charge < -0.3 is 15.5 Å². The van der Waals surface area contributed by atoms with Crippen LogP contribution in [0, 0.1) is 0 Å². The Hall–Kier alpha value is -1.10. The first kappa shape index (κ1) is 13.3.